The van der Waals surface area contributed by atoms with Gasteiger partial charge >= 0.3 is 0 Å². The van der Waals surface area contributed by atoms with Gasteiger partial charge in [-0.3, -0.25) is 39.1 Å². The number of nitrogens with zero attached hydrogens (tertiary/aromatic N) is 6. The van der Waals surface area contributed by atoms with Crippen LogP contribution in [-0.4, -0.2) is 121 Å². The number of amides is 3. The predicted octanol–water partition coefficient (Wildman–Crippen LogP) is 7.77. The molecule has 3 aliphatic heterocycles. The van der Waals surface area contributed by atoms with Crippen molar-refractivity contribution in [3.05, 3.63) is 106 Å². The molecule has 3 aliphatic carbocycles. The maximum Gasteiger partial charge on any atom is 0.225 e. The van der Waals surface area contributed by atoms with Gasteiger partial charge in [0, 0.05) is 79.0 Å². The lowest BCUT2D eigenvalue weighted by Crippen LogP contribution is -2.54. The summed E-state index contributed by atoms with van der Waals surface area (Å²) in [6.07, 6.45) is 12.1. The van der Waals surface area contributed by atoms with Gasteiger partial charge in [0.2, 0.25) is 17.7 Å². The Morgan fingerprint density at radius 2 is 1.41 bits per heavy atom. The average Bonchev–Trinajstić information content (AvgIpc) is 3.83. The number of nitriles is 1. The lowest BCUT2D eigenvalue weighted by molar-refractivity contribution is -0.131. The first-order valence-electron chi connectivity index (χ1n) is 29.3. The molecule has 0 spiro atoms. The Bertz CT molecular complexity index is 2800. The number of ether oxygens (including phenoxy) is 4. The fourth-order valence-electron chi connectivity index (χ4n) is 13.3. The molecule has 422 valence electrons. The molecule has 5 heterocycles. The van der Waals surface area contributed by atoms with Gasteiger partial charge in [-0.2, -0.15) is 5.26 Å². The van der Waals surface area contributed by atoms with Crippen LogP contribution in [0.2, 0.25) is 0 Å². The van der Waals surface area contributed by atoms with E-state index in [9.17, 15) is 19.6 Å². The zero-order valence-corrected chi connectivity index (χ0v) is 47.3. The van der Waals surface area contributed by atoms with Crippen LogP contribution in [0.25, 0.3) is 0 Å². The quantitative estimate of drug-likeness (QED) is 0.0620. The van der Waals surface area contributed by atoms with Gasteiger partial charge in [-0.25, -0.2) is 0 Å². The van der Waals surface area contributed by atoms with Crippen molar-refractivity contribution in [1.29, 1.82) is 5.26 Å². The number of hydrogen-bond acceptors (Lipinski definition) is 13. The van der Waals surface area contributed by atoms with Crippen LogP contribution in [0.15, 0.2) is 66.9 Å². The topological polar surface area (TPSA) is 184 Å². The van der Waals surface area contributed by atoms with Gasteiger partial charge in [0.25, 0.3) is 0 Å². The summed E-state index contributed by atoms with van der Waals surface area (Å²) >= 11 is 0. The van der Waals surface area contributed by atoms with Crippen molar-refractivity contribution in [3.63, 3.8) is 0 Å². The summed E-state index contributed by atoms with van der Waals surface area (Å²) in [4.78, 5) is 54.9. The van der Waals surface area contributed by atoms with Crippen molar-refractivity contribution in [3.8, 4) is 29.1 Å². The van der Waals surface area contributed by atoms with Crippen molar-refractivity contribution in [2.45, 2.75) is 118 Å². The van der Waals surface area contributed by atoms with Crippen LogP contribution in [0, 0.1) is 72.0 Å². The monoisotopic (exact) mass is 1080 g/mol. The smallest absolute Gasteiger partial charge is 0.225 e. The second-order valence-electron chi connectivity index (χ2n) is 24.5. The van der Waals surface area contributed by atoms with Crippen LogP contribution in [0.5, 0.6) is 23.0 Å². The number of rotatable bonds is 24. The molecule has 16 heteroatoms. The van der Waals surface area contributed by atoms with Gasteiger partial charge in [0.15, 0.2) is 0 Å². The second-order valence-corrected chi connectivity index (χ2v) is 24.5. The Balaban J connectivity index is 0.579. The fourth-order valence-corrected chi connectivity index (χ4v) is 13.3. The van der Waals surface area contributed by atoms with Gasteiger partial charge in [0.05, 0.1) is 65.9 Å². The van der Waals surface area contributed by atoms with E-state index in [-0.39, 0.29) is 47.0 Å². The van der Waals surface area contributed by atoms with E-state index in [0.717, 1.165) is 137 Å². The Morgan fingerprint density at radius 3 is 2.13 bits per heavy atom. The van der Waals surface area contributed by atoms with Crippen molar-refractivity contribution >= 4 is 17.7 Å². The highest BCUT2D eigenvalue weighted by Gasteiger charge is 2.46. The summed E-state index contributed by atoms with van der Waals surface area (Å²) in [6, 6.07) is 22.3. The molecule has 2 bridgehead atoms. The van der Waals surface area contributed by atoms with Gasteiger partial charge in [-0.15, -0.1) is 0 Å². The maximum absolute atomic E-state index is 13.4. The zero-order chi connectivity index (χ0) is 55.0. The number of carbonyl (C=O) groups excluding carboxylic acids is 3. The molecule has 16 nitrogen and oxygen atoms in total. The first kappa shape index (κ1) is 56.0. The third-order valence-electron chi connectivity index (χ3n) is 17.8. The molecule has 5 atom stereocenters. The van der Waals surface area contributed by atoms with E-state index in [4.69, 9.17) is 28.9 Å². The van der Waals surface area contributed by atoms with E-state index in [1.165, 1.54) is 31.2 Å². The first-order valence-corrected chi connectivity index (χ1v) is 29.3. The lowest BCUT2D eigenvalue weighted by Gasteiger charge is -2.41. The molecule has 3 saturated carbocycles. The van der Waals surface area contributed by atoms with Crippen LogP contribution in [-0.2, 0) is 40.6 Å². The van der Waals surface area contributed by atoms with E-state index in [1.807, 2.05) is 58.0 Å². The molecule has 4 aromatic rings. The molecule has 10 rings (SSSR count). The van der Waals surface area contributed by atoms with Crippen molar-refractivity contribution < 1.29 is 33.3 Å². The Kier molecular flexibility index (Phi) is 18.0. The highest BCUT2D eigenvalue weighted by atomic mass is 16.5. The minimum Gasteiger partial charge on any atom is -0.493 e. The number of carbonyl (C=O) groups is 3. The number of benzene rings is 2. The van der Waals surface area contributed by atoms with Gasteiger partial charge in [-0.1, -0.05) is 24.6 Å². The zero-order valence-electron chi connectivity index (χ0n) is 47.3. The second kappa shape index (κ2) is 25.4. The van der Waals surface area contributed by atoms with Gasteiger partial charge in [0.1, 0.15) is 35.7 Å². The van der Waals surface area contributed by atoms with E-state index in [0.29, 0.717) is 67.1 Å². The average molecular weight is 1080 g/mol. The van der Waals surface area contributed by atoms with E-state index >= 15 is 0 Å². The third kappa shape index (κ3) is 14.6. The first-order chi connectivity index (χ1) is 38.2. The normalized spacial score (nSPS) is 23.7. The molecular weight excluding hydrogens is 995 g/mol. The number of fused-ring (bicyclic) bond motifs is 2. The number of likely N-dealkylation sites (tertiary alicyclic amines) is 3. The Hall–Kier alpha value is -6.28. The number of nitrogens with one attached hydrogen (secondary N) is 3. The van der Waals surface area contributed by atoms with E-state index in [1.54, 1.807) is 19.3 Å². The molecule has 3 saturated heterocycles. The molecule has 3 N–H and O–H groups in total. The summed E-state index contributed by atoms with van der Waals surface area (Å²) in [5, 5.41) is 19.0. The SMILES string of the molecule is CNC(=O)C1CN(Cc2ccc(OCC3CCCC(CNC(=O)C4CN(Cc5ccc(OCC6CC7CCC(CNC(=O)C8CN(Cc9ncc(OCc%10ccc(OC(C)C)c(C#N)c%10)cc9C)C8)(C7)C6)cc5)C4)C3)c(C)n2)C1. The molecule has 0 radical (unpaired) electrons. The summed E-state index contributed by atoms with van der Waals surface area (Å²) in [5.74, 6) is 5.64. The maximum atomic E-state index is 13.4. The standard InChI is InChI=1S/C63H83N9O7/c1-41(2)79-59-15-11-48(22-50(59)25-64)37-77-56-19-42(3)57(66-27-56)36-72-33-53(34-72)62(75)68-40-63-18-17-45(23-63)20-49(24-63)39-76-55-13-9-44(10-14-55)28-70-31-52(32-70)61(74)67-26-46-7-6-8-47(21-46)38-78-58-16-12-54(69-43(58)4)35-71-29-51(30-71)60(73)65-5/h9-16,19,22,27,41,45-47,49,51-53H,6-8,17-18,20-21,23-24,26,28-40H2,1-5H3,(H,65,73)(H,67,74)(H,68,75). The molecule has 6 aliphatic rings. The van der Waals surface area contributed by atoms with Crippen LogP contribution < -0.4 is 34.9 Å². The highest BCUT2D eigenvalue weighted by molar-refractivity contribution is 5.81. The summed E-state index contributed by atoms with van der Waals surface area (Å²) in [6.45, 7) is 17.9. The molecule has 5 unspecified atom stereocenters. The summed E-state index contributed by atoms with van der Waals surface area (Å²) in [7, 11) is 1.69. The lowest BCUT2D eigenvalue weighted by atomic mass is 9.71. The van der Waals surface area contributed by atoms with Gasteiger partial charge in [-0.05, 0) is 167 Å². The minimum atomic E-state index is -0.0131. The molecule has 79 heavy (non-hydrogen) atoms. The largest absolute Gasteiger partial charge is 0.493 e. The molecule has 3 amide bonds. The molecule has 6 fully saturated rings. The van der Waals surface area contributed by atoms with Crippen LogP contribution >= 0.6 is 0 Å². The van der Waals surface area contributed by atoms with Crippen LogP contribution in [0.1, 0.15) is 111 Å². The van der Waals surface area contributed by atoms with Crippen molar-refractivity contribution in [2.75, 3.05) is 72.6 Å². The van der Waals surface area contributed by atoms with Crippen molar-refractivity contribution in [1.82, 2.24) is 40.6 Å². The van der Waals surface area contributed by atoms with Gasteiger partial charge < -0.3 is 34.9 Å². The fraction of sp³-hybridized carbons (Fsp3) is 0.587. The number of hydrogen-bond donors (Lipinski definition) is 3. The Labute approximate surface area is 467 Å². The predicted molar refractivity (Wildman–Crippen MR) is 301 cm³/mol. The number of pyridine rings is 2. The molecular formula is C63H83N9O7. The Morgan fingerprint density at radius 1 is 0.722 bits per heavy atom. The number of aromatic nitrogens is 2. The minimum absolute atomic E-state index is 0.00711. The third-order valence-corrected chi connectivity index (χ3v) is 17.8. The van der Waals surface area contributed by atoms with Crippen LogP contribution in [0.3, 0.4) is 0 Å². The summed E-state index contributed by atoms with van der Waals surface area (Å²) in [5.41, 5.74) is 6.67. The molecule has 2 aromatic heterocycles. The van der Waals surface area contributed by atoms with Crippen LogP contribution in [0.4, 0.5) is 0 Å². The number of aryl methyl sites for hydroxylation is 2. The summed E-state index contributed by atoms with van der Waals surface area (Å²) < 4.78 is 24.5. The van der Waals surface area contributed by atoms with Crippen molar-refractivity contribution in [2.24, 2.45) is 46.8 Å². The molecule has 2 aromatic carbocycles. The highest BCUT2D eigenvalue weighted by Crippen LogP contribution is 2.53. The van der Waals surface area contributed by atoms with E-state index < -0.39 is 0 Å². The van der Waals surface area contributed by atoms with E-state index in [2.05, 4.69) is 61.0 Å².